The first kappa shape index (κ1) is 18.8. The standard InChI is InChI=1S/C19H30N2O3S/c1-14-7-8-19(10-15(14)2)25(22,23)21-9-5-6-18(21)13-20-11-16(3)24-17(4)12-20/h7-8,10,16-18H,5-6,9,11-13H2,1-4H3. The van der Waals surface area contributed by atoms with Crippen LogP contribution in [0.25, 0.3) is 0 Å². The molecule has 2 heterocycles. The number of benzene rings is 1. The molecular formula is C19H30N2O3S. The van der Waals surface area contributed by atoms with Crippen LogP contribution < -0.4 is 0 Å². The summed E-state index contributed by atoms with van der Waals surface area (Å²) in [5.74, 6) is 0. The van der Waals surface area contributed by atoms with Crippen LogP contribution in [0.5, 0.6) is 0 Å². The molecule has 3 atom stereocenters. The highest BCUT2D eigenvalue weighted by molar-refractivity contribution is 7.89. The van der Waals surface area contributed by atoms with Crippen molar-refractivity contribution in [2.24, 2.45) is 0 Å². The number of nitrogens with zero attached hydrogens (tertiary/aromatic N) is 2. The maximum Gasteiger partial charge on any atom is 0.243 e. The zero-order valence-corrected chi connectivity index (χ0v) is 16.6. The average Bonchev–Trinajstić information content (AvgIpc) is 2.97. The fraction of sp³-hybridized carbons (Fsp3) is 0.684. The van der Waals surface area contributed by atoms with Crippen molar-refractivity contribution >= 4 is 10.0 Å². The molecule has 2 aliphatic heterocycles. The molecule has 0 saturated carbocycles. The normalized spacial score (nSPS) is 29.2. The lowest BCUT2D eigenvalue weighted by atomic mass is 10.1. The first-order valence-electron chi connectivity index (χ1n) is 9.24. The summed E-state index contributed by atoms with van der Waals surface area (Å²) in [6.45, 7) is 11.3. The quantitative estimate of drug-likeness (QED) is 0.822. The molecular weight excluding hydrogens is 336 g/mol. The highest BCUT2D eigenvalue weighted by atomic mass is 32.2. The van der Waals surface area contributed by atoms with Gasteiger partial charge < -0.3 is 4.74 Å². The summed E-state index contributed by atoms with van der Waals surface area (Å²) in [6.07, 6.45) is 2.28. The Morgan fingerprint density at radius 1 is 1.12 bits per heavy atom. The molecule has 0 amide bonds. The van der Waals surface area contributed by atoms with E-state index in [0.29, 0.717) is 11.4 Å². The van der Waals surface area contributed by atoms with Crippen LogP contribution in [0.15, 0.2) is 23.1 Å². The Morgan fingerprint density at radius 2 is 1.80 bits per heavy atom. The van der Waals surface area contributed by atoms with E-state index in [2.05, 4.69) is 18.7 Å². The van der Waals surface area contributed by atoms with Gasteiger partial charge in [0.15, 0.2) is 0 Å². The first-order chi connectivity index (χ1) is 11.8. The Bertz CT molecular complexity index is 709. The predicted octanol–water partition coefficient (Wildman–Crippen LogP) is 2.57. The summed E-state index contributed by atoms with van der Waals surface area (Å²) >= 11 is 0. The minimum absolute atomic E-state index is 0.0594. The van der Waals surface area contributed by atoms with E-state index < -0.39 is 10.0 Å². The molecule has 3 unspecified atom stereocenters. The Morgan fingerprint density at radius 3 is 2.44 bits per heavy atom. The third-order valence-electron chi connectivity index (χ3n) is 5.37. The van der Waals surface area contributed by atoms with Crippen LogP contribution in [-0.2, 0) is 14.8 Å². The zero-order chi connectivity index (χ0) is 18.2. The van der Waals surface area contributed by atoms with Crippen LogP contribution in [0.2, 0.25) is 0 Å². The van der Waals surface area contributed by atoms with E-state index in [-0.39, 0.29) is 18.2 Å². The Kier molecular flexibility index (Phi) is 5.54. The van der Waals surface area contributed by atoms with Crippen molar-refractivity contribution < 1.29 is 13.2 Å². The molecule has 25 heavy (non-hydrogen) atoms. The minimum atomic E-state index is -3.43. The van der Waals surface area contributed by atoms with Gasteiger partial charge in [0.1, 0.15) is 0 Å². The Labute approximate surface area is 152 Å². The van der Waals surface area contributed by atoms with Crippen molar-refractivity contribution in [2.45, 2.75) is 63.7 Å². The van der Waals surface area contributed by atoms with Crippen LogP contribution in [0, 0.1) is 13.8 Å². The van der Waals surface area contributed by atoms with Gasteiger partial charge in [-0.15, -0.1) is 0 Å². The lowest BCUT2D eigenvalue weighted by Crippen LogP contribution is -2.50. The predicted molar refractivity (Wildman–Crippen MR) is 99.3 cm³/mol. The second-order valence-corrected chi connectivity index (χ2v) is 9.52. The van der Waals surface area contributed by atoms with Gasteiger partial charge in [-0.2, -0.15) is 4.31 Å². The third-order valence-corrected chi connectivity index (χ3v) is 7.32. The van der Waals surface area contributed by atoms with E-state index in [1.165, 1.54) is 0 Å². The number of morpholine rings is 1. The van der Waals surface area contributed by atoms with Crippen LogP contribution in [0.4, 0.5) is 0 Å². The molecule has 5 nitrogen and oxygen atoms in total. The van der Waals surface area contributed by atoms with E-state index in [1.807, 2.05) is 19.9 Å². The van der Waals surface area contributed by atoms with Gasteiger partial charge in [0.25, 0.3) is 0 Å². The third kappa shape index (κ3) is 4.08. The van der Waals surface area contributed by atoms with Crippen molar-refractivity contribution in [1.29, 1.82) is 0 Å². The smallest absolute Gasteiger partial charge is 0.243 e. The number of hydrogen-bond donors (Lipinski definition) is 0. The maximum atomic E-state index is 13.2. The SMILES string of the molecule is Cc1ccc(S(=O)(=O)N2CCCC2CN2CC(C)OC(C)C2)cc1C. The number of aryl methyl sites for hydroxylation is 2. The second-order valence-electron chi connectivity index (χ2n) is 7.63. The lowest BCUT2D eigenvalue weighted by molar-refractivity contribution is -0.0707. The van der Waals surface area contributed by atoms with Crippen molar-refractivity contribution in [1.82, 2.24) is 9.21 Å². The van der Waals surface area contributed by atoms with Gasteiger partial charge in [-0.3, -0.25) is 4.90 Å². The summed E-state index contributed by atoms with van der Waals surface area (Å²) in [5.41, 5.74) is 2.14. The lowest BCUT2D eigenvalue weighted by Gasteiger charge is -2.38. The van der Waals surface area contributed by atoms with Crippen LogP contribution >= 0.6 is 0 Å². The van der Waals surface area contributed by atoms with E-state index in [4.69, 9.17) is 4.74 Å². The molecule has 0 radical (unpaired) electrons. The highest BCUT2D eigenvalue weighted by Crippen LogP contribution is 2.28. The molecule has 3 rings (SSSR count). The molecule has 0 spiro atoms. The summed E-state index contributed by atoms with van der Waals surface area (Å²) < 4.78 is 33.8. The Balaban J connectivity index is 1.77. The molecule has 2 fully saturated rings. The monoisotopic (exact) mass is 366 g/mol. The van der Waals surface area contributed by atoms with Crippen molar-refractivity contribution in [2.75, 3.05) is 26.2 Å². The van der Waals surface area contributed by atoms with Gasteiger partial charge in [0, 0.05) is 32.2 Å². The maximum absolute atomic E-state index is 13.2. The van der Waals surface area contributed by atoms with Gasteiger partial charge in [-0.1, -0.05) is 6.07 Å². The van der Waals surface area contributed by atoms with Gasteiger partial charge in [0.05, 0.1) is 17.1 Å². The molecule has 0 aromatic heterocycles. The van der Waals surface area contributed by atoms with E-state index >= 15 is 0 Å². The van der Waals surface area contributed by atoms with Gasteiger partial charge >= 0.3 is 0 Å². The van der Waals surface area contributed by atoms with E-state index in [0.717, 1.165) is 43.6 Å². The first-order valence-corrected chi connectivity index (χ1v) is 10.7. The molecule has 0 bridgehead atoms. The van der Waals surface area contributed by atoms with Crippen molar-refractivity contribution in [3.63, 3.8) is 0 Å². The summed E-state index contributed by atoms with van der Waals surface area (Å²) in [4.78, 5) is 2.78. The Hall–Kier alpha value is -0.950. The molecule has 2 saturated heterocycles. The number of hydrogen-bond acceptors (Lipinski definition) is 4. The summed E-state index contributed by atoms with van der Waals surface area (Å²) in [6, 6.07) is 5.51. The molecule has 2 aliphatic rings. The van der Waals surface area contributed by atoms with E-state index in [9.17, 15) is 8.42 Å². The van der Waals surface area contributed by atoms with Crippen LogP contribution in [0.1, 0.15) is 37.8 Å². The fourth-order valence-electron chi connectivity index (χ4n) is 4.05. The summed E-state index contributed by atoms with van der Waals surface area (Å²) in [5, 5.41) is 0. The molecule has 0 N–H and O–H groups in total. The van der Waals surface area contributed by atoms with Crippen LogP contribution in [0.3, 0.4) is 0 Å². The topological polar surface area (TPSA) is 49.9 Å². The fourth-order valence-corrected chi connectivity index (χ4v) is 5.82. The van der Waals surface area contributed by atoms with Crippen molar-refractivity contribution in [3.05, 3.63) is 29.3 Å². The minimum Gasteiger partial charge on any atom is -0.373 e. The highest BCUT2D eigenvalue weighted by Gasteiger charge is 2.37. The molecule has 140 valence electrons. The number of ether oxygens (including phenoxy) is 1. The number of sulfonamides is 1. The van der Waals surface area contributed by atoms with E-state index in [1.54, 1.807) is 16.4 Å². The van der Waals surface area contributed by atoms with Crippen molar-refractivity contribution in [3.8, 4) is 0 Å². The second kappa shape index (κ2) is 7.35. The van der Waals surface area contributed by atoms with Gasteiger partial charge in [-0.25, -0.2) is 8.42 Å². The largest absolute Gasteiger partial charge is 0.373 e. The van der Waals surface area contributed by atoms with Gasteiger partial charge in [-0.05, 0) is 63.8 Å². The summed E-state index contributed by atoms with van der Waals surface area (Å²) in [7, 11) is -3.43. The van der Waals surface area contributed by atoms with Crippen LogP contribution in [-0.4, -0.2) is 62.1 Å². The zero-order valence-electron chi connectivity index (χ0n) is 15.7. The molecule has 1 aromatic carbocycles. The number of rotatable bonds is 4. The molecule has 1 aromatic rings. The van der Waals surface area contributed by atoms with Gasteiger partial charge in [0.2, 0.25) is 10.0 Å². The average molecular weight is 367 g/mol. The molecule has 0 aliphatic carbocycles. The molecule has 6 heteroatoms.